The van der Waals surface area contributed by atoms with Crippen LogP contribution in [0.15, 0.2) is 29.2 Å². The molecule has 0 radical (unpaired) electrons. The van der Waals surface area contributed by atoms with E-state index in [1.165, 1.54) is 12.1 Å². The summed E-state index contributed by atoms with van der Waals surface area (Å²) in [5.74, 6) is 0. The molecule has 3 N–H and O–H groups in total. The molecule has 0 heterocycles. The van der Waals surface area contributed by atoms with E-state index in [4.69, 9.17) is 9.88 Å². The number of hydrogen-bond donors (Lipinski definition) is 2. The predicted molar refractivity (Wildman–Crippen MR) is 67.4 cm³/mol. The average Bonchev–Trinajstić information content (AvgIpc) is 2.26. The number of ether oxygens (including phenoxy) is 1. The summed E-state index contributed by atoms with van der Waals surface area (Å²) in [6.45, 7) is 5.25. The van der Waals surface area contributed by atoms with Crippen molar-refractivity contribution in [3.05, 3.63) is 24.3 Å². The predicted octanol–water partition coefficient (Wildman–Crippen LogP) is 1.17. The summed E-state index contributed by atoms with van der Waals surface area (Å²) in [5.41, 5.74) is 0.837. The molecule has 96 valence electrons. The Morgan fingerprint density at radius 2 is 1.94 bits per heavy atom. The molecule has 0 aromatic heterocycles. The van der Waals surface area contributed by atoms with Gasteiger partial charge in [-0.25, -0.2) is 13.6 Å². The Balaban J connectivity index is 2.57. The molecule has 0 fully saturated rings. The van der Waals surface area contributed by atoms with Gasteiger partial charge in [0.1, 0.15) is 0 Å². The van der Waals surface area contributed by atoms with Crippen LogP contribution in [0.3, 0.4) is 0 Å². The van der Waals surface area contributed by atoms with Crippen molar-refractivity contribution >= 4 is 15.7 Å². The van der Waals surface area contributed by atoms with Crippen LogP contribution < -0.4 is 10.5 Å². The van der Waals surface area contributed by atoms with Crippen LogP contribution in [0.5, 0.6) is 0 Å². The molecular weight excluding hydrogens is 240 g/mol. The molecule has 0 aliphatic rings. The minimum atomic E-state index is -3.61. The summed E-state index contributed by atoms with van der Waals surface area (Å²) in [4.78, 5) is 0.112. The molecule has 0 bridgehead atoms. The first-order valence-electron chi connectivity index (χ1n) is 5.42. The Bertz CT molecular complexity index is 442. The van der Waals surface area contributed by atoms with E-state index in [0.29, 0.717) is 13.2 Å². The lowest BCUT2D eigenvalue weighted by Gasteiger charge is -2.13. The van der Waals surface area contributed by atoms with Gasteiger partial charge in [-0.2, -0.15) is 0 Å². The minimum Gasteiger partial charge on any atom is -0.382 e. The average molecular weight is 258 g/mol. The third-order valence-corrected chi connectivity index (χ3v) is 3.16. The van der Waals surface area contributed by atoms with Crippen LogP contribution in [-0.4, -0.2) is 27.7 Å². The molecule has 0 aliphatic heterocycles. The molecule has 0 saturated carbocycles. The molecule has 0 amide bonds. The van der Waals surface area contributed by atoms with Gasteiger partial charge in [0.25, 0.3) is 0 Å². The van der Waals surface area contributed by atoms with E-state index in [2.05, 4.69) is 5.32 Å². The summed E-state index contributed by atoms with van der Waals surface area (Å²) >= 11 is 0. The Hall–Kier alpha value is -1.11. The topological polar surface area (TPSA) is 81.4 Å². The molecule has 0 aliphatic carbocycles. The first-order valence-corrected chi connectivity index (χ1v) is 6.96. The van der Waals surface area contributed by atoms with Gasteiger partial charge >= 0.3 is 0 Å². The first-order chi connectivity index (χ1) is 7.93. The number of hydrogen-bond acceptors (Lipinski definition) is 4. The molecule has 0 saturated heterocycles. The molecule has 1 aromatic rings. The van der Waals surface area contributed by atoms with Gasteiger partial charge in [-0.1, -0.05) is 0 Å². The van der Waals surface area contributed by atoms with Crippen molar-refractivity contribution in [2.75, 3.05) is 18.5 Å². The summed E-state index contributed by atoms with van der Waals surface area (Å²) in [6, 6.07) is 6.31. The van der Waals surface area contributed by atoms with Crippen molar-refractivity contribution in [2.24, 2.45) is 5.14 Å². The quantitative estimate of drug-likeness (QED) is 0.802. The standard InChI is InChI=1S/C11H18N2O3S/c1-3-16-9(2)8-13-10-4-6-11(7-5-10)17(12,14)15/h4-7,9,13H,3,8H2,1-2H3,(H2,12,14,15). The normalized spacial score (nSPS) is 13.4. The van der Waals surface area contributed by atoms with E-state index in [-0.39, 0.29) is 11.0 Å². The van der Waals surface area contributed by atoms with E-state index >= 15 is 0 Å². The first kappa shape index (κ1) is 14.0. The number of benzene rings is 1. The van der Waals surface area contributed by atoms with Crippen LogP contribution in [0.4, 0.5) is 5.69 Å². The van der Waals surface area contributed by atoms with Crippen molar-refractivity contribution < 1.29 is 13.2 Å². The lowest BCUT2D eigenvalue weighted by Crippen LogP contribution is -2.19. The molecule has 1 unspecified atom stereocenters. The Labute approximate surface area is 102 Å². The van der Waals surface area contributed by atoms with E-state index in [1.807, 2.05) is 13.8 Å². The SMILES string of the molecule is CCOC(C)CNc1ccc(S(N)(=O)=O)cc1. The highest BCUT2D eigenvalue weighted by molar-refractivity contribution is 7.89. The second kappa shape index (κ2) is 6.00. The van der Waals surface area contributed by atoms with Crippen molar-refractivity contribution in [1.82, 2.24) is 0 Å². The Morgan fingerprint density at radius 3 is 2.41 bits per heavy atom. The third-order valence-electron chi connectivity index (χ3n) is 2.23. The molecule has 1 rings (SSSR count). The van der Waals surface area contributed by atoms with Crippen LogP contribution in [0.2, 0.25) is 0 Å². The van der Waals surface area contributed by atoms with Crippen LogP contribution in [0.25, 0.3) is 0 Å². The van der Waals surface area contributed by atoms with Gasteiger partial charge in [-0.3, -0.25) is 0 Å². The van der Waals surface area contributed by atoms with Gasteiger partial charge in [-0.15, -0.1) is 0 Å². The van der Waals surface area contributed by atoms with E-state index < -0.39 is 10.0 Å². The van der Waals surface area contributed by atoms with E-state index in [1.54, 1.807) is 12.1 Å². The highest BCUT2D eigenvalue weighted by Gasteiger charge is 2.07. The highest BCUT2D eigenvalue weighted by atomic mass is 32.2. The molecule has 6 heteroatoms. The fraction of sp³-hybridized carbons (Fsp3) is 0.455. The maximum Gasteiger partial charge on any atom is 0.238 e. The number of sulfonamides is 1. The number of nitrogens with two attached hydrogens (primary N) is 1. The van der Waals surface area contributed by atoms with Gasteiger partial charge < -0.3 is 10.1 Å². The van der Waals surface area contributed by atoms with Gasteiger partial charge in [-0.05, 0) is 38.1 Å². The maximum atomic E-state index is 11.0. The van der Waals surface area contributed by atoms with Crippen molar-refractivity contribution in [3.8, 4) is 0 Å². The number of rotatable bonds is 6. The zero-order chi connectivity index (χ0) is 12.9. The minimum absolute atomic E-state index is 0.109. The summed E-state index contributed by atoms with van der Waals surface area (Å²) in [7, 11) is -3.61. The van der Waals surface area contributed by atoms with Crippen molar-refractivity contribution in [2.45, 2.75) is 24.8 Å². The summed E-state index contributed by atoms with van der Waals surface area (Å²) in [5, 5.41) is 8.15. The van der Waals surface area contributed by atoms with Crippen LogP contribution >= 0.6 is 0 Å². The maximum absolute atomic E-state index is 11.0. The Kier molecular flexibility index (Phi) is 4.92. The summed E-state index contributed by atoms with van der Waals surface area (Å²) in [6.07, 6.45) is 0.109. The van der Waals surface area contributed by atoms with Crippen molar-refractivity contribution in [1.29, 1.82) is 0 Å². The number of primary sulfonamides is 1. The van der Waals surface area contributed by atoms with Gasteiger partial charge in [0.2, 0.25) is 10.0 Å². The van der Waals surface area contributed by atoms with Crippen LogP contribution in [0, 0.1) is 0 Å². The smallest absolute Gasteiger partial charge is 0.238 e. The van der Waals surface area contributed by atoms with Crippen LogP contribution in [0.1, 0.15) is 13.8 Å². The lowest BCUT2D eigenvalue weighted by molar-refractivity contribution is 0.0855. The lowest BCUT2D eigenvalue weighted by atomic mass is 10.3. The Morgan fingerprint density at radius 1 is 1.35 bits per heavy atom. The van der Waals surface area contributed by atoms with Gasteiger partial charge in [0.15, 0.2) is 0 Å². The van der Waals surface area contributed by atoms with E-state index in [9.17, 15) is 8.42 Å². The molecular formula is C11H18N2O3S. The number of anilines is 1. The largest absolute Gasteiger partial charge is 0.382 e. The van der Waals surface area contributed by atoms with Crippen molar-refractivity contribution in [3.63, 3.8) is 0 Å². The monoisotopic (exact) mass is 258 g/mol. The van der Waals surface area contributed by atoms with E-state index in [0.717, 1.165) is 5.69 Å². The van der Waals surface area contributed by atoms with Gasteiger partial charge in [0.05, 0.1) is 11.0 Å². The molecule has 0 spiro atoms. The zero-order valence-corrected chi connectivity index (χ0v) is 10.8. The number of nitrogens with one attached hydrogen (secondary N) is 1. The second-order valence-electron chi connectivity index (χ2n) is 3.72. The molecule has 17 heavy (non-hydrogen) atoms. The zero-order valence-electron chi connectivity index (χ0n) is 10.0. The molecule has 1 atom stereocenters. The third kappa shape index (κ3) is 4.72. The molecule has 1 aromatic carbocycles. The molecule has 5 nitrogen and oxygen atoms in total. The van der Waals surface area contributed by atoms with Gasteiger partial charge in [0, 0.05) is 18.8 Å². The second-order valence-corrected chi connectivity index (χ2v) is 5.28. The fourth-order valence-corrected chi connectivity index (χ4v) is 1.88. The summed E-state index contributed by atoms with van der Waals surface area (Å²) < 4.78 is 27.4. The van der Waals surface area contributed by atoms with Crippen LogP contribution in [-0.2, 0) is 14.8 Å². The fourth-order valence-electron chi connectivity index (χ4n) is 1.37. The highest BCUT2D eigenvalue weighted by Crippen LogP contribution is 2.12.